The van der Waals surface area contributed by atoms with Gasteiger partial charge in [0.1, 0.15) is 0 Å². The van der Waals surface area contributed by atoms with Gasteiger partial charge < -0.3 is 5.32 Å². The van der Waals surface area contributed by atoms with E-state index in [4.69, 9.17) is 0 Å². The first-order valence-electron chi connectivity index (χ1n) is 6.72. The van der Waals surface area contributed by atoms with Gasteiger partial charge in [0.15, 0.2) is 0 Å². The van der Waals surface area contributed by atoms with E-state index in [9.17, 15) is 13.2 Å². The third-order valence-electron chi connectivity index (χ3n) is 3.15. The van der Waals surface area contributed by atoms with E-state index in [1.807, 2.05) is 25.1 Å². The highest BCUT2D eigenvalue weighted by Gasteiger charge is 2.13. The normalized spacial score (nSPS) is 11.0. The molecule has 2 rings (SSSR count). The number of benzene rings is 2. The largest absolute Gasteiger partial charge is 0.322 e. The number of hydrogen-bond acceptors (Lipinski definition) is 3. The summed E-state index contributed by atoms with van der Waals surface area (Å²) in [6.45, 7) is 3.65. The molecule has 0 heterocycles. The molecule has 0 aliphatic rings. The van der Waals surface area contributed by atoms with Gasteiger partial charge in [-0.25, -0.2) is 8.42 Å². The lowest BCUT2D eigenvalue weighted by molar-refractivity contribution is 0.102. The fraction of sp³-hybridized carbons (Fsp3) is 0.188. The van der Waals surface area contributed by atoms with Gasteiger partial charge >= 0.3 is 0 Å². The second kappa shape index (κ2) is 6.19. The van der Waals surface area contributed by atoms with Crippen LogP contribution in [0.1, 0.15) is 21.5 Å². The Kier molecular flexibility index (Phi) is 4.51. The SMILES string of the molecule is Cc1cccc(NC(=O)c2cccc(NS(C)(=O)=O)c2C)c1. The van der Waals surface area contributed by atoms with Gasteiger partial charge in [-0.3, -0.25) is 9.52 Å². The van der Waals surface area contributed by atoms with Crippen molar-refractivity contribution >= 4 is 27.3 Å². The Balaban J connectivity index is 2.28. The minimum atomic E-state index is -3.39. The Morgan fingerprint density at radius 3 is 2.36 bits per heavy atom. The van der Waals surface area contributed by atoms with E-state index >= 15 is 0 Å². The lowest BCUT2D eigenvalue weighted by atomic mass is 10.1. The van der Waals surface area contributed by atoms with Crippen LogP contribution >= 0.6 is 0 Å². The predicted molar refractivity (Wildman–Crippen MR) is 88.8 cm³/mol. The molecule has 0 saturated heterocycles. The maximum atomic E-state index is 12.4. The van der Waals surface area contributed by atoms with Crippen molar-refractivity contribution in [2.75, 3.05) is 16.3 Å². The van der Waals surface area contributed by atoms with Crippen LogP contribution in [-0.2, 0) is 10.0 Å². The van der Waals surface area contributed by atoms with Crippen molar-refractivity contribution in [3.63, 3.8) is 0 Å². The van der Waals surface area contributed by atoms with E-state index in [2.05, 4.69) is 10.0 Å². The number of carbonyl (C=O) groups excluding carboxylic acids is 1. The number of amides is 1. The topological polar surface area (TPSA) is 75.3 Å². The molecule has 0 radical (unpaired) electrons. The van der Waals surface area contributed by atoms with E-state index < -0.39 is 10.0 Å². The summed E-state index contributed by atoms with van der Waals surface area (Å²) in [5, 5.41) is 2.81. The summed E-state index contributed by atoms with van der Waals surface area (Å²) in [6.07, 6.45) is 1.08. The van der Waals surface area contributed by atoms with E-state index in [0.29, 0.717) is 22.5 Å². The molecular formula is C16H18N2O3S. The molecule has 2 aromatic carbocycles. The molecule has 0 atom stereocenters. The molecule has 0 aliphatic heterocycles. The first-order valence-corrected chi connectivity index (χ1v) is 8.61. The van der Waals surface area contributed by atoms with Crippen LogP contribution in [0.15, 0.2) is 42.5 Å². The Hall–Kier alpha value is -2.34. The molecule has 5 nitrogen and oxygen atoms in total. The Labute approximate surface area is 130 Å². The van der Waals surface area contributed by atoms with Crippen LogP contribution in [-0.4, -0.2) is 20.6 Å². The third kappa shape index (κ3) is 4.08. The van der Waals surface area contributed by atoms with Gasteiger partial charge in [-0.1, -0.05) is 18.2 Å². The Morgan fingerprint density at radius 2 is 1.73 bits per heavy atom. The zero-order valence-electron chi connectivity index (χ0n) is 12.7. The van der Waals surface area contributed by atoms with Gasteiger partial charge in [-0.2, -0.15) is 0 Å². The number of sulfonamides is 1. The average molecular weight is 318 g/mol. The second-order valence-electron chi connectivity index (χ2n) is 5.18. The molecule has 2 N–H and O–H groups in total. The zero-order valence-corrected chi connectivity index (χ0v) is 13.5. The Morgan fingerprint density at radius 1 is 1.05 bits per heavy atom. The van der Waals surface area contributed by atoms with E-state index in [0.717, 1.165) is 11.8 Å². The molecule has 0 saturated carbocycles. The molecule has 0 fully saturated rings. The van der Waals surface area contributed by atoms with E-state index in [1.165, 1.54) is 0 Å². The van der Waals surface area contributed by atoms with E-state index in [1.54, 1.807) is 31.2 Å². The fourth-order valence-electron chi connectivity index (χ4n) is 2.11. The average Bonchev–Trinajstić information content (AvgIpc) is 2.39. The number of rotatable bonds is 4. The number of anilines is 2. The van der Waals surface area contributed by atoms with Crippen molar-refractivity contribution in [2.24, 2.45) is 0 Å². The molecule has 2 aromatic rings. The van der Waals surface area contributed by atoms with Crippen molar-refractivity contribution in [2.45, 2.75) is 13.8 Å². The van der Waals surface area contributed by atoms with Crippen molar-refractivity contribution < 1.29 is 13.2 Å². The molecule has 0 spiro atoms. The summed E-state index contributed by atoms with van der Waals surface area (Å²) >= 11 is 0. The van der Waals surface area contributed by atoms with Crippen LogP contribution in [0.2, 0.25) is 0 Å². The summed E-state index contributed by atoms with van der Waals surface area (Å²) in [5.74, 6) is -0.278. The zero-order chi connectivity index (χ0) is 16.3. The molecule has 0 unspecified atom stereocenters. The molecule has 1 amide bonds. The molecule has 0 bridgehead atoms. The van der Waals surface area contributed by atoms with Gasteiger partial charge in [0.25, 0.3) is 5.91 Å². The van der Waals surface area contributed by atoms with Crippen LogP contribution in [0.25, 0.3) is 0 Å². The Bertz CT molecular complexity index is 814. The lowest BCUT2D eigenvalue weighted by Gasteiger charge is -2.12. The summed E-state index contributed by atoms with van der Waals surface area (Å²) < 4.78 is 25.1. The van der Waals surface area contributed by atoms with Crippen molar-refractivity contribution in [3.8, 4) is 0 Å². The molecule has 0 aliphatic carbocycles. The second-order valence-corrected chi connectivity index (χ2v) is 6.92. The highest BCUT2D eigenvalue weighted by molar-refractivity contribution is 7.92. The number of aryl methyl sites for hydroxylation is 1. The van der Waals surface area contributed by atoms with Gasteiger partial charge in [0, 0.05) is 11.3 Å². The molecule has 0 aromatic heterocycles. The molecular weight excluding hydrogens is 300 g/mol. The fourth-order valence-corrected chi connectivity index (χ4v) is 2.73. The van der Waals surface area contributed by atoms with Gasteiger partial charge in [0.05, 0.1) is 11.9 Å². The highest BCUT2D eigenvalue weighted by atomic mass is 32.2. The maximum absolute atomic E-state index is 12.4. The minimum Gasteiger partial charge on any atom is -0.322 e. The smallest absolute Gasteiger partial charge is 0.256 e. The van der Waals surface area contributed by atoms with Crippen molar-refractivity contribution in [1.82, 2.24) is 0 Å². The van der Waals surface area contributed by atoms with Gasteiger partial charge in [-0.05, 0) is 49.2 Å². The van der Waals surface area contributed by atoms with E-state index in [-0.39, 0.29) is 5.91 Å². The van der Waals surface area contributed by atoms with Crippen molar-refractivity contribution in [1.29, 1.82) is 0 Å². The summed E-state index contributed by atoms with van der Waals surface area (Å²) in [4.78, 5) is 12.4. The molecule has 6 heteroatoms. The van der Waals surface area contributed by atoms with Gasteiger partial charge in [0.2, 0.25) is 10.0 Å². The maximum Gasteiger partial charge on any atom is 0.256 e. The minimum absolute atomic E-state index is 0.278. The standard InChI is InChI=1S/C16H18N2O3S/c1-11-6-4-7-13(10-11)17-16(19)14-8-5-9-15(12(14)2)18-22(3,20)21/h4-10,18H,1-3H3,(H,17,19). The number of nitrogens with one attached hydrogen (secondary N) is 2. The summed E-state index contributed by atoms with van der Waals surface area (Å²) in [7, 11) is -3.39. The van der Waals surface area contributed by atoms with Gasteiger partial charge in [-0.15, -0.1) is 0 Å². The number of hydrogen-bond donors (Lipinski definition) is 2. The quantitative estimate of drug-likeness (QED) is 0.910. The van der Waals surface area contributed by atoms with Crippen LogP contribution < -0.4 is 10.0 Å². The molecule has 116 valence electrons. The highest BCUT2D eigenvalue weighted by Crippen LogP contribution is 2.21. The van der Waals surface area contributed by atoms with Crippen LogP contribution in [0, 0.1) is 13.8 Å². The molecule has 22 heavy (non-hydrogen) atoms. The number of carbonyl (C=O) groups is 1. The monoisotopic (exact) mass is 318 g/mol. The first kappa shape index (κ1) is 16.0. The van der Waals surface area contributed by atoms with Crippen LogP contribution in [0.5, 0.6) is 0 Å². The van der Waals surface area contributed by atoms with Crippen LogP contribution in [0.4, 0.5) is 11.4 Å². The summed E-state index contributed by atoms with van der Waals surface area (Å²) in [6, 6.07) is 12.4. The van der Waals surface area contributed by atoms with Crippen molar-refractivity contribution in [3.05, 3.63) is 59.2 Å². The predicted octanol–water partition coefficient (Wildman–Crippen LogP) is 2.93. The first-order chi connectivity index (χ1) is 10.3. The lowest BCUT2D eigenvalue weighted by Crippen LogP contribution is -2.16. The third-order valence-corrected chi connectivity index (χ3v) is 3.74. The van der Waals surface area contributed by atoms with Crippen LogP contribution in [0.3, 0.4) is 0 Å². The summed E-state index contributed by atoms with van der Waals surface area (Å²) in [5.41, 5.74) is 3.15.